The van der Waals surface area contributed by atoms with E-state index in [-0.39, 0.29) is 29.8 Å². The van der Waals surface area contributed by atoms with E-state index in [9.17, 15) is 14.4 Å². The first-order valence-corrected chi connectivity index (χ1v) is 13.3. The van der Waals surface area contributed by atoms with Crippen LogP contribution >= 0.6 is 23.2 Å². The van der Waals surface area contributed by atoms with Gasteiger partial charge in [-0.15, -0.1) is 0 Å². The van der Waals surface area contributed by atoms with Crippen molar-refractivity contribution in [3.8, 4) is 0 Å². The molecule has 188 valence electrons. The number of anilines is 1. The lowest BCUT2D eigenvalue weighted by atomic mass is 9.74. The quantitative estimate of drug-likeness (QED) is 0.547. The number of hydrogen-bond donors (Lipinski definition) is 2. The molecule has 1 aromatic rings. The Hall–Kier alpha value is -2.09. The van der Waals surface area contributed by atoms with Crippen LogP contribution < -0.4 is 10.6 Å². The van der Waals surface area contributed by atoms with E-state index < -0.39 is 29.6 Å². The van der Waals surface area contributed by atoms with E-state index in [1.807, 2.05) is 26.0 Å². The van der Waals surface area contributed by atoms with E-state index in [1.54, 1.807) is 23.1 Å². The minimum Gasteiger partial charge on any atom is -0.359 e. The summed E-state index contributed by atoms with van der Waals surface area (Å²) in [7, 11) is 0. The van der Waals surface area contributed by atoms with E-state index in [2.05, 4.69) is 10.6 Å². The SMILES string of the molecule is CCC(C)N1C(=O)[C@H]2C(C(=O)Nc3ccc(Cl)c(Cl)c3)[C@H]3C=CC2(O3)C1C(=O)NC1CCCCC1. The first-order chi connectivity index (χ1) is 16.8. The van der Waals surface area contributed by atoms with Gasteiger partial charge >= 0.3 is 0 Å². The first kappa shape index (κ1) is 24.6. The molecular weight excluding hydrogens is 489 g/mol. The molecule has 3 amide bonds. The fourth-order valence-corrected chi connectivity index (χ4v) is 6.50. The van der Waals surface area contributed by atoms with Crippen molar-refractivity contribution in [3.63, 3.8) is 0 Å². The van der Waals surface area contributed by atoms with Crippen molar-refractivity contribution in [2.45, 2.75) is 82.2 Å². The molecule has 2 N–H and O–H groups in total. The van der Waals surface area contributed by atoms with Gasteiger partial charge in [0.2, 0.25) is 17.7 Å². The molecule has 1 aromatic carbocycles. The van der Waals surface area contributed by atoms with Crippen molar-refractivity contribution < 1.29 is 19.1 Å². The highest BCUT2D eigenvalue weighted by molar-refractivity contribution is 6.42. The van der Waals surface area contributed by atoms with Crippen LogP contribution in [0.4, 0.5) is 5.69 Å². The van der Waals surface area contributed by atoms with Crippen molar-refractivity contribution in [2.75, 3.05) is 5.32 Å². The van der Waals surface area contributed by atoms with Crippen molar-refractivity contribution in [3.05, 3.63) is 40.4 Å². The van der Waals surface area contributed by atoms with E-state index in [4.69, 9.17) is 27.9 Å². The van der Waals surface area contributed by atoms with Crippen LogP contribution in [0.5, 0.6) is 0 Å². The molecule has 1 spiro atoms. The number of rotatable bonds is 6. The normalized spacial score (nSPS) is 32.6. The molecule has 4 unspecified atom stereocenters. The summed E-state index contributed by atoms with van der Waals surface area (Å²) in [5, 5.41) is 6.78. The zero-order valence-electron chi connectivity index (χ0n) is 19.9. The van der Waals surface area contributed by atoms with E-state index in [0.29, 0.717) is 22.2 Å². The fourth-order valence-electron chi connectivity index (χ4n) is 6.20. The highest BCUT2D eigenvalue weighted by Crippen LogP contribution is 2.55. The van der Waals surface area contributed by atoms with Gasteiger partial charge in [0.15, 0.2) is 0 Å². The first-order valence-electron chi connectivity index (χ1n) is 12.5. The number of halogens is 2. The molecular formula is C26H31Cl2N3O4. The zero-order chi connectivity index (χ0) is 24.9. The number of carbonyl (C=O) groups excluding carboxylic acids is 3. The van der Waals surface area contributed by atoms with Gasteiger partial charge in [-0.25, -0.2) is 0 Å². The van der Waals surface area contributed by atoms with Crippen LogP contribution in [0.15, 0.2) is 30.4 Å². The van der Waals surface area contributed by atoms with Gasteiger partial charge < -0.3 is 20.3 Å². The van der Waals surface area contributed by atoms with Crippen LogP contribution in [0.1, 0.15) is 52.4 Å². The number of ether oxygens (including phenoxy) is 1. The predicted molar refractivity (Wildman–Crippen MR) is 134 cm³/mol. The van der Waals surface area contributed by atoms with E-state index in [1.165, 1.54) is 6.42 Å². The molecule has 7 nitrogen and oxygen atoms in total. The maximum atomic E-state index is 13.9. The molecule has 0 aromatic heterocycles. The van der Waals surface area contributed by atoms with Gasteiger partial charge in [-0.3, -0.25) is 14.4 Å². The largest absolute Gasteiger partial charge is 0.359 e. The van der Waals surface area contributed by atoms with Crippen molar-refractivity contribution in [2.24, 2.45) is 11.8 Å². The number of fused-ring (bicyclic) bond motifs is 1. The Morgan fingerprint density at radius 2 is 1.91 bits per heavy atom. The number of amides is 3. The second-order valence-corrected chi connectivity index (χ2v) is 11.0. The van der Waals surface area contributed by atoms with Crippen LogP contribution in [0.2, 0.25) is 10.0 Å². The van der Waals surface area contributed by atoms with Crippen molar-refractivity contribution >= 4 is 46.6 Å². The Balaban J connectivity index is 1.44. The summed E-state index contributed by atoms with van der Waals surface area (Å²) in [5.74, 6) is -2.25. The molecule has 3 fully saturated rings. The average molecular weight is 520 g/mol. The molecule has 2 bridgehead atoms. The van der Waals surface area contributed by atoms with Crippen molar-refractivity contribution in [1.82, 2.24) is 10.2 Å². The van der Waals surface area contributed by atoms with Gasteiger partial charge in [0.1, 0.15) is 11.6 Å². The summed E-state index contributed by atoms with van der Waals surface area (Å²) in [6.07, 6.45) is 9.04. The lowest BCUT2D eigenvalue weighted by Crippen LogP contribution is -2.58. The summed E-state index contributed by atoms with van der Waals surface area (Å²) in [6.45, 7) is 3.93. The molecule has 3 heterocycles. The Kier molecular flexibility index (Phi) is 6.62. The van der Waals surface area contributed by atoms with Crippen LogP contribution in [-0.4, -0.2) is 52.5 Å². The number of benzene rings is 1. The molecule has 9 heteroatoms. The number of carbonyl (C=O) groups is 3. The number of nitrogens with one attached hydrogen (secondary N) is 2. The van der Waals surface area contributed by atoms with Crippen LogP contribution in [0, 0.1) is 11.8 Å². The molecule has 35 heavy (non-hydrogen) atoms. The minimum absolute atomic E-state index is 0.108. The number of nitrogens with zero attached hydrogens (tertiary/aromatic N) is 1. The topological polar surface area (TPSA) is 87.7 Å². The molecule has 1 saturated carbocycles. The molecule has 1 aliphatic carbocycles. The monoisotopic (exact) mass is 519 g/mol. The molecule has 2 saturated heterocycles. The molecule has 6 atom stereocenters. The molecule has 5 rings (SSSR count). The van der Waals surface area contributed by atoms with Gasteiger partial charge in [0.25, 0.3) is 0 Å². The Bertz CT molecular complexity index is 1070. The van der Waals surface area contributed by atoms with Gasteiger partial charge in [-0.1, -0.05) is 61.5 Å². The maximum Gasteiger partial charge on any atom is 0.246 e. The Morgan fingerprint density at radius 1 is 1.17 bits per heavy atom. The number of likely N-dealkylation sites (tertiary alicyclic amines) is 1. The average Bonchev–Trinajstić information content (AvgIpc) is 3.49. The highest BCUT2D eigenvalue weighted by Gasteiger charge is 2.73. The second-order valence-electron chi connectivity index (χ2n) is 10.2. The van der Waals surface area contributed by atoms with Gasteiger partial charge in [0, 0.05) is 17.8 Å². The van der Waals surface area contributed by atoms with Gasteiger partial charge in [-0.2, -0.15) is 0 Å². The number of hydrogen-bond acceptors (Lipinski definition) is 4. The zero-order valence-corrected chi connectivity index (χ0v) is 21.4. The summed E-state index contributed by atoms with van der Waals surface area (Å²) in [5.41, 5.74) is -0.662. The lowest BCUT2D eigenvalue weighted by molar-refractivity contribution is -0.143. The highest BCUT2D eigenvalue weighted by atomic mass is 35.5. The summed E-state index contributed by atoms with van der Waals surface area (Å²) >= 11 is 12.1. The van der Waals surface area contributed by atoms with Gasteiger partial charge in [-0.05, 0) is 44.4 Å². The summed E-state index contributed by atoms with van der Waals surface area (Å²) in [4.78, 5) is 42.7. The molecule has 3 aliphatic heterocycles. The van der Waals surface area contributed by atoms with E-state index >= 15 is 0 Å². The van der Waals surface area contributed by atoms with Crippen molar-refractivity contribution in [1.29, 1.82) is 0 Å². The Morgan fingerprint density at radius 3 is 2.60 bits per heavy atom. The summed E-state index contributed by atoms with van der Waals surface area (Å²) in [6, 6.07) is 3.98. The van der Waals surface area contributed by atoms with E-state index in [0.717, 1.165) is 25.7 Å². The van der Waals surface area contributed by atoms with Crippen LogP contribution in [0.3, 0.4) is 0 Å². The molecule has 0 radical (unpaired) electrons. The fraction of sp³-hybridized carbons (Fsp3) is 0.577. The minimum atomic E-state index is -1.15. The third-order valence-electron chi connectivity index (χ3n) is 8.07. The van der Waals surface area contributed by atoms with Gasteiger partial charge in [0.05, 0.1) is 28.0 Å². The van der Waals surface area contributed by atoms with Crippen LogP contribution in [0.25, 0.3) is 0 Å². The lowest BCUT2D eigenvalue weighted by Gasteiger charge is -2.36. The molecule has 4 aliphatic rings. The maximum absolute atomic E-state index is 13.9. The second kappa shape index (κ2) is 9.41. The third kappa shape index (κ3) is 4.05. The third-order valence-corrected chi connectivity index (χ3v) is 8.81. The predicted octanol–water partition coefficient (Wildman–Crippen LogP) is 4.33. The standard InChI is InChI=1S/C26H31Cl2N3O4/c1-3-14(2)31-22(24(33)29-15-7-5-4-6-8-15)26-12-11-19(35-26)20(21(26)25(31)34)23(32)30-16-9-10-17(27)18(28)13-16/h9-15,19-22H,3-8H2,1-2H3,(H,29,33)(H,30,32)/t14?,19-,20?,21-,22?,26?/m1/s1. The smallest absolute Gasteiger partial charge is 0.246 e. The summed E-state index contributed by atoms with van der Waals surface area (Å²) < 4.78 is 6.37. The Labute approximate surface area is 215 Å². The van der Waals surface area contributed by atoms with Crippen LogP contribution in [-0.2, 0) is 19.1 Å².